The molecule has 9 heteroatoms. The molecule has 0 aliphatic carbocycles. The van der Waals surface area contributed by atoms with Crippen LogP contribution in [0.3, 0.4) is 0 Å². The summed E-state index contributed by atoms with van der Waals surface area (Å²) in [6.07, 6.45) is 1.41. The first kappa shape index (κ1) is 22.9. The number of anilines is 1. The maximum Gasteiger partial charge on any atom is 0.263 e. The fraction of sp³-hybridized carbons (Fsp3) is 0.250. The van der Waals surface area contributed by atoms with E-state index in [1.54, 1.807) is 40.5 Å². The highest BCUT2D eigenvalue weighted by molar-refractivity contribution is 7.19. The van der Waals surface area contributed by atoms with Gasteiger partial charge in [-0.15, -0.1) is 22.7 Å². The highest BCUT2D eigenvalue weighted by atomic mass is 32.1. The van der Waals surface area contributed by atoms with Crippen LogP contribution in [-0.4, -0.2) is 39.4 Å². The first-order valence-electron chi connectivity index (χ1n) is 10.6. The van der Waals surface area contributed by atoms with E-state index in [0.29, 0.717) is 34.6 Å². The van der Waals surface area contributed by atoms with Crippen LogP contribution >= 0.6 is 22.7 Å². The zero-order valence-corrected chi connectivity index (χ0v) is 20.3. The first-order valence-corrected chi connectivity index (χ1v) is 12.3. The van der Waals surface area contributed by atoms with Gasteiger partial charge in [-0.1, -0.05) is 6.07 Å². The third-order valence-electron chi connectivity index (χ3n) is 5.32. The summed E-state index contributed by atoms with van der Waals surface area (Å²) in [7, 11) is 0. The smallest absolute Gasteiger partial charge is 0.263 e. The van der Waals surface area contributed by atoms with Crippen molar-refractivity contribution in [1.29, 1.82) is 0 Å². The van der Waals surface area contributed by atoms with Crippen molar-refractivity contribution in [2.24, 2.45) is 0 Å². The standard InChI is InChI=1S/C24H24N4O3S2/c1-4-27(5-2)23(30)16-7-6-8-17(11-16)26-20(29)12-28-14-25-22-21(24(28)31)18(13-32-22)19-10-9-15(3)33-19/h6-11,13-14H,4-5,12H2,1-3H3,(H,26,29). The van der Waals surface area contributed by atoms with Crippen molar-refractivity contribution in [3.05, 3.63) is 68.9 Å². The van der Waals surface area contributed by atoms with E-state index in [1.165, 1.54) is 22.2 Å². The van der Waals surface area contributed by atoms with Crippen LogP contribution in [0.15, 0.2) is 52.9 Å². The topological polar surface area (TPSA) is 84.3 Å². The first-order chi connectivity index (χ1) is 15.9. The summed E-state index contributed by atoms with van der Waals surface area (Å²) in [5.41, 5.74) is 1.61. The van der Waals surface area contributed by atoms with Crippen molar-refractivity contribution in [3.63, 3.8) is 0 Å². The number of nitrogens with one attached hydrogen (secondary N) is 1. The molecule has 0 radical (unpaired) electrons. The van der Waals surface area contributed by atoms with Gasteiger partial charge >= 0.3 is 0 Å². The van der Waals surface area contributed by atoms with Crippen LogP contribution in [0.4, 0.5) is 5.69 Å². The number of nitrogens with zero attached hydrogens (tertiary/aromatic N) is 3. The Balaban J connectivity index is 1.55. The summed E-state index contributed by atoms with van der Waals surface area (Å²) in [5, 5.41) is 5.26. The van der Waals surface area contributed by atoms with Crippen LogP contribution in [0.2, 0.25) is 0 Å². The molecule has 0 aliphatic heterocycles. The number of rotatable bonds is 7. The summed E-state index contributed by atoms with van der Waals surface area (Å²) < 4.78 is 1.32. The monoisotopic (exact) mass is 480 g/mol. The molecule has 2 amide bonds. The van der Waals surface area contributed by atoms with Crippen LogP contribution < -0.4 is 10.9 Å². The average molecular weight is 481 g/mol. The molecule has 4 aromatic rings. The van der Waals surface area contributed by atoms with E-state index in [0.717, 1.165) is 15.3 Å². The normalized spacial score (nSPS) is 11.0. The van der Waals surface area contributed by atoms with Gasteiger partial charge in [0.2, 0.25) is 5.91 Å². The molecule has 3 heterocycles. The second-order valence-electron chi connectivity index (χ2n) is 7.52. The Hall–Kier alpha value is -3.30. The Labute approximate surface area is 199 Å². The van der Waals surface area contributed by atoms with Gasteiger partial charge in [0.05, 0.1) is 11.7 Å². The van der Waals surface area contributed by atoms with E-state index in [-0.39, 0.29) is 23.9 Å². The number of aromatic nitrogens is 2. The van der Waals surface area contributed by atoms with Crippen molar-refractivity contribution >= 4 is 50.4 Å². The number of benzene rings is 1. The zero-order chi connectivity index (χ0) is 23.5. The van der Waals surface area contributed by atoms with Gasteiger partial charge in [-0.2, -0.15) is 0 Å². The lowest BCUT2D eigenvalue weighted by Gasteiger charge is -2.19. The van der Waals surface area contributed by atoms with Crippen LogP contribution in [0, 0.1) is 6.92 Å². The molecule has 7 nitrogen and oxygen atoms in total. The van der Waals surface area contributed by atoms with Crippen molar-refractivity contribution in [3.8, 4) is 10.4 Å². The van der Waals surface area contributed by atoms with E-state index in [1.807, 2.05) is 38.3 Å². The van der Waals surface area contributed by atoms with Crippen molar-refractivity contribution in [2.75, 3.05) is 18.4 Å². The molecule has 0 aliphatic rings. The number of hydrogen-bond donors (Lipinski definition) is 1. The van der Waals surface area contributed by atoms with Crippen LogP contribution in [0.5, 0.6) is 0 Å². The lowest BCUT2D eigenvalue weighted by atomic mass is 10.1. The molecule has 3 aromatic heterocycles. The fourth-order valence-corrected chi connectivity index (χ4v) is 5.48. The van der Waals surface area contributed by atoms with Gasteiger partial charge in [-0.05, 0) is 51.1 Å². The predicted octanol–water partition coefficient (Wildman–Crippen LogP) is 4.62. The van der Waals surface area contributed by atoms with Crippen molar-refractivity contribution < 1.29 is 9.59 Å². The van der Waals surface area contributed by atoms with Gasteiger partial charge < -0.3 is 10.2 Å². The van der Waals surface area contributed by atoms with Gasteiger partial charge in [0.1, 0.15) is 11.4 Å². The van der Waals surface area contributed by atoms with E-state index >= 15 is 0 Å². The Morgan fingerprint density at radius 2 is 1.94 bits per heavy atom. The molecule has 0 unspecified atom stereocenters. The summed E-state index contributed by atoms with van der Waals surface area (Å²) in [6, 6.07) is 10.8. The molecule has 0 bridgehead atoms. The number of amides is 2. The van der Waals surface area contributed by atoms with Crippen molar-refractivity contribution in [2.45, 2.75) is 27.3 Å². The molecular weight excluding hydrogens is 456 g/mol. The number of carbonyl (C=O) groups excluding carboxylic acids is 2. The van der Waals surface area contributed by atoms with Gasteiger partial charge in [0, 0.05) is 45.0 Å². The third kappa shape index (κ3) is 4.74. The number of hydrogen-bond acceptors (Lipinski definition) is 6. The lowest BCUT2D eigenvalue weighted by Crippen LogP contribution is -2.30. The summed E-state index contributed by atoms with van der Waals surface area (Å²) in [4.78, 5) is 47.4. The van der Waals surface area contributed by atoms with Crippen LogP contribution in [0.25, 0.3) is 20.7 Å². The molecule has 33 heavy (non-hydrogen) atoms. The van der Waals surface area contributed by atoms with E-state index in [9.17, 15) is 14.4 Å². The number of fused-ring (bicyclic) bond motifs is 1. The number of carbonyl (C=O) groups is 2. The van der Waals surface area contributed by atoms with Gasteiger partial charge in [-0.3, -0.25) is 19.0 Å². The largest absolute Gasteiger partial charge is 0.339 e. The molecule has 4 rings (SSSR count). The quantitative estimate of drug-likeness (QED) is 0.418. The summed E-state index contributed by atoms with van der Waals surface area (Å²) in [6.45, 7) is 6.92. The maximum atomic E-state index is 13.2. The Morgan fingerprint density at radius 3 is 2.64 bits per heavy atom. The van der Waals surface area contributed by atoms with Gasteiger partial charge in [0.15, 0.2) is 0 Å². The second-order valence-corrected chi connectivity index (χ2v) is 9.67. The second kappa shape index (κ2) is 9.68. The average Bonchev–Trinajstić information content (AvgIpc) is 3.43. The SMILES string of the molecule is CCN(CC)C(=O)c1cccc(NC(=O)Cn2cnc3scc(-c4ccc(C)s4)c3c2=O)c1. The molecule has 170 valence electrons. The van der Waals surface area contributed by atoms with E-state index in [4.69, 9.17) is 0 Å². The summed E-state index contributed by atoms with van der Waals surface area (Å²) >= 11 is 3.04. The highest BCUT2D eigenvalue weighted by Gasteiger charge is 2.17. The molecule has 1 N–H and O–H groups in total. The Bertz CT molecular complexity index is 1380. The molecule has 1 aromatic carbocycles. The fourth-order valence-electron chi connectivity index (χ4n) is 3.62. The Kier molecular flexibility index (Phi) is 6.71. The molecule has 0 atom stereocenters. The summed E-state index contributed by atoms with van der Waals surface area (Å²) in [5.74, 6) is -0.454. The third-order valence-corrected chi connectivity index (χ3v) is 7.24. The minimum atomic E-state index is -0.366. The van der Waals surface area contributed by atoms with Crippen molar-refractivity contribution in [1.82, 2.24) is 14.5 Å². The minimum absolute atomic E-state index is 0.0872. The number of aryl methyl sites for hydroxylation is 1. The predicted molar refractivity (Wildman–Crippen MR) is 134 cm³/mol. The molecule has 0 fully saturated rings. The molecule has 0 saturated carbocycles. The molecular formula is C24H24N4O3S2. The molecule has 0 spiro atoms. The van der Waals surface area contributed by atoms with E-state index in [2.05, 4.69) is 10.3 Å². The van der Waals surface area contributed by atoms with E-state index < -0.39 is 0 Å². The lowest BCUT2D eigenvalue weighted by molar-refractivity contribution is -0.116. The molecule has 0 saturated heterocycles. The zero-order valence-electron chi connectivity index (χ0n) is 18.6. The van der Waals surface area contributed by atoms with Gasteiger partial charge in [-0.25, -0.2) is 4.98 Å². The maximum absolute atomic E-state index is 13.2. The number of thiophene rings is 2. The van der Waals surface area contributed by atoms with Gasteiger partial charge in [0.25, 0.3) is 11.5 Å². The van der Waals surface area contributed by atoms with Crippen LogP contribution in [-0.2, 0) is 11.3 Å². The van der Waals surface area contributed by atoms with Crippen LogP contribution in [0.1, 0.15) is 29.1 Å². The highest BCUT2D eigenvalue weighted by Crippen LogP contribution is 2.34. The Morgan fingerprint density at radius 1 is 1.15 bits per heavy atom. The minimum Gasteiger partial charge on any atom is -0.339 e.